The van der Waals surface area contributed by atoms with Gasteiger partial charge in [-0.3, -0.25) is 4.79 Å². The minimum Gasteiger partial charge on any atom is -0.460 e. The molecule has 0 bridgehead atoms. The Morgan fingerprint density at radius 3 is 1.68 bits per heavy atom. The van der Waals surface area contributed by atoms with E-state index in [9.17, 15) is 24.0 Å². The maximum Gasteiger partial charge on any atom is 0.407 e. The fourth-order valence-corrected chi connectivity index (χ4v) is 3.69. The molecule has 2 atom stereocenters. The lowest BCUT2D eigenvalue weighted by atomic mass is 10.1. The van der Waals surface area contributed by atoms with Crippen LogP contribution in [0.25, 0.3) is 0 Å². The Morgan fingerprint density at radius 2 is 1.18 bits per heavy atom. The van der Waals surface area contributed by atoms with Crippen molar-refractivity contribution in [3.05, 3.63) is 35.9 Å². The highest BCUT2D eigenvalue weighted by Gasteiger charge is 2.31. The molecule has 2 unspecified atom stereocenters. The zero-order valence-electron chi connectivity index (χ0n) is 27.7. The van der Waals surface area contributed by atoms with Crippen LogP contribution >= 0.6 is 0 Å². The van der Waals surface area contributed by atoms with Gasteiger partial charge >= 0.3 is 30.0 Å². The van der Waals surface area contributed by atoms with Crippen LogP contribution < -0.4 is 16.0 Å². The standard InChI is InChI=1S/C32H51N3O9/c1-30(2,3)42-25(36)19-18-24(27(38)44-32(7,8)9)35-28(39)34-23(26(37)43-31(4,5)6)17-13-14-20-33-29(40)41-21-22-15-11-10-12-16-22/h10-12,15-16,23-24H,13-14,17-21H2,1-9H3,(H,33,40)(H2,34,35,39). The first kappa shape index (κ1) is 38.2. The van der Waals surface area contributed by atoms with Crippen molar-refractivity contribution in [1.29, 1.82) is 0 Å². The molecule has 0 aromatic heterocycles. The van der Waals surface area contributed by atoms with Gasteiger partial charge in [0.25, 0.3) is 0 Å². The summed E-state index contributed by atoms with van der Waals surface area (Å²) in [6.07, 6.45) is 0.391. The first-order chi connectivity index (χ1) is 20.2. The molecule has 0 saturated heterocycles. The number of esters is 3. The normalized spacial score (nSPS) is 13.1. The van der Waals surface area contributed by atoms with E-state index >= 15 is 0 Å². The summed E-state index contributed by atoms with van der Waals surface area (Å²) in [5.41, 5.74) is -1.47. The maximum absolute atomic E-state index is 13.0. The minimum atomic E-state index is -1.17. The molecule has 0 heterocycles. The van der Waals surface area contributed by atoms with Crippen molar-refractivity contribution in [2.75, 3.05) is 6.54 Å². The zero-order valence-corrected chi connectivity index (χ0v) is 27.7. The highest BCUT2D eigenvalue weighted by molar-refractivity contribution is 5.87. The quantitative estimate of drug-likeness (QED) is 0.149. The summed E-state index contributed by atoms with van der Waals surface area (Å²) in [6.45, 7) is 15.8. The summed E-state index contributed by atoms with van der Waals surface area (Å²) in [6, 6.07) is 6.27. The summed E-state index contributed by atoms with van der Waals surface area (Å²) in [5, 5.41) is 7.79. The van der Waals surface area contributed by atoms with Crippen molar-refractivity contribution in [3.63, 3.8) is 0 Å². The molecule has 0 aliphatic carbocycles. The molecule has 44 heavy (non-hydrogen) atoms. The number of alkyl carbamates (subject to hydrolysis) is 1. The van der Waals surface area contributed by atoms with E-state index in [1.165, 1.54) is 0 Å². The van der Waals surface area contributed by atoms with Gasteiger partial charge in [0.05, 0.1) is 0 Å². The van der Waals surface area contributed by atoms with Crippen molar-refractivity contribution in [1.82, 2.24) is 16.0 Å². The van der Waals surface area contributed by atoms with Crippen molar-refractivity contribution in [2.45, 2.75) is 130 Å². The van der Waals surface area contributed by atoms with Crippen molar-refractivity contribution in [3.8, 4) is 0 Å². The average Bonchev–Trinajstić information content (AvgIpc) is 2.86. The van der Waals surface area contributed by atoms with Crippen LogP contribution in [0.15, 0.2) is 30.3 Å². The lowest BCUT2D eigenvalue weighted by molar-refractivity contribution is -0.159. The number of benzene rings is 1. The van der Waals surface area contributed by atoms with Crippen molar-refractivity contribution < 1.29 is 42.9 Å². The molecule has 1 aromatic carbocycles. The van der Waals surface area contributed by atoms with Gasteiger partial charge in [0.1, 0.15) is 35.5 Å². The van der Waals surface area contributed by atoms with Crippen LogP contribution in [-0.4, -0.2) is 65.5 Å². The van der Waals surface area contributed by atoms with Crippen LogP contribution in [-0.2, 0) is 39.9 Å². The molecule has 12 heteroatoms. The Bertz CT molecular complexity index is 1090. The average molecular weight is 622 g/mol. The lowest BCUT2D eigenvalue weighted by Gasteiger charge is -2.27. The Morgan fingerprint density at radius 1 is 0.682 bits per heavy atom. The molecule has 0 fully saturated rings. The number of carbonyl (C=O) groups excluding carboxylic acids is 5. The number of unbranched alkanes of at least 4 members (excludes halogenated alkanes) is 1. The number of hydrogen-bond acceptors (Lipinski definition) is 9. The SMILES string of the molecule is CC(C)(C)OC(=O)CCC(NC(=O)NC(CCCCNC(=O)OCc1ccccc1)C(=O)OC(C)(C)C)C(=O)OC(C)(C)C. The Hall–Kier alpha value is -3.83. The van der Waals surface area contributed by atoms with Crippen molar-refractivity contribution in [2.24, 2.45) is 0 Å². The Kier molecular flexibility index (Phi) is 15.2. The number of carbonyl (C=O) groups is 5. The van der Waals surface area contributed by atoms with Gasteiger partial charge < -0.3 is 34.9 Å². The number of urea groups is 1. The number of nitrogens with one attached hydrogen (secondary N) is 3. The molecular formula is C32H51N3O9. The number of amides is 3. The third-order valence-corrected chi connectivity index (χ3v) is 5.45. The van der Waals surface area contributed by atoms with Gasteiger partial charge in [-0.05, 0) is 93.6 Å². The third-order valence-electron chi connectivity index (χ3n) is 5.45. The first-order valence-electron chi connectivity index (χ1n) is 14.9. The molecule has 3 N–H and O–H groups in total. The highest BCUT2D eigenvalue weighted by Crippen LogP contribution is 2.15. The molecular weight excluding hydrogens is 570 g/mol. The predicted molar refractivity (Wildman–Crippen MR) is 164 cm³/mol. The van der Waals surface area contributed by atoms with Gasteiger partial charge in [-0.2, -0.15) is 0 Å². The molecule has 0 saturated carbocycles. The molecule has 0 aliphatic rings. The van der Waals surface area contributed by atoms with E-state index in [2.05, 4.69) is 16.0 Å². The largest absolute Gasteiger partial charge is 0.460 e. The van der Waals surface area contributed by atoms with Crippen LogP contribution in [0.5, 0.6) is 0 Å². The second-order valence-electron chi connectivity index (χ2n) is 13.4. The number of hydrogen-bond donors (Lipinski definition) is 3. The van der Waals surface area contributed by atoms with Gasteiger partial charge in [-0.25, -0.2) is 19.2 Å². The predicted octanol–water partition coefficient (Wildman–Crippen LogP) is 4.92. The summed E-state index contributed by atoms with van der Waals surface area (Å²) in [5.74, 6) is -1.90. The third kappa shape index (κ3) is 18.7. The Balaban J connectivity index is 2.77. The Labute approximate surface area is 261 Å². The molecule has 1 aromatic rings. The van der Waals surface area contributed by atoms with E-state index in [0.29, 0.717) is 19.4 Å². The minimum absolute atomic E-state index is 0.0691. The monoisotopic (exact) mass is 621 g/mol. The molecule has 0 spiro atoms. The van der Waals surface area contributed by atoms with Gasteiger partial charge in [-0.15, -0.1) is 0 Å². The van der Waals surface area contributed by atoms with E-state index in [0.717, 1.165) is 5.56 Å². The summed E-state index contributed by atoms with van der Waals surface area (Å²) >= 11 is 0. The van der Waals surface area contributed by atoms with E-state index in [1.807, 2.05) is 30.3 Å². The summed E-state index contributed by atoms with van der Waals surface area (Å²) in [7, 11) is 0. The van der Waals surface area contributed by atoms with Crippen LogP contribution in [0.4, 0.5) is 9.59 Å². The number of rotatable bonds is 14. The summed E-state index contributed by atoms with van der Waals surface area (Å²) in [4.78, 5) is 63.1. The van der Waals surface area contributed by atoms with Gasteiger partial charge in [0.2, 0.25) is 0 Å². The zero-order chi connectivity index (χ0) is 33.6. The molecule has 0 aliphatic heterocycles. The fourth-order valence-electron chi connectivity index (χ4n) is 3.69. The molecule has 12 nitrogen and oxygen atoms in total. The second kappa shape index (κ2) is 17.5. The van der Waals surface area contributed by atoms with Crippen LogP contribution in [0.1, 0.15) is 100.0 Å². The smallest absolute Gasteiger partial charge is 0.407 e. The summed E-state index contributed by atoms with van der Waals surface area (Å²) < 4.78 is 21.4. The second-order valence-corrected chi connectivity index (χ2v) is 13.4. The van der Waals surface area contributed by atoms with Crippen LogP contribution in [0, 0.1) is 0 Å². The lowest BCUT2D eigenvalue weighted by Crippen LogP contribution is -2.53. The fraction of sp³-hybridized carbons (Fsp3) is 0.656. The van der Waals surface area contributed by atoms with Crippen molar-refractivity contribution >= 4 is 30.0 Å². The first-order valence-corrected chi connectivity index (χ1v) is 14.9. The maximum atomic E-state index is 13.0. The highest BCUT2D eigenvalue weighted by atomic mass is 16.6. The molecule has 3 amide bonds. The van der Waals surface area contributed by atoms with Gasteiger partial charge in [0, 0.05) is 13.0 Å². The molecule has 1 rings (SSSR count). The van der Waals surface area contributed by atoms with Crippen LogP contribution in [0.3, 0.4) is 0 Å². The number of ether oxygens (including phenoxy) is 4. The van der Waals surface area contributed by atoms with E-state index in [4.69, 9.17) is 18.9 Å². The topological polar surface area (TPSA) is 158 Å². The van der Waals surface area contributed by atoms with E-state index in [-0.39, 0.29) is 25.9 Å². The van der Waals surface area contributed by atoms with Gasteiger partial charge in [-0.1, -0.05) is 30.3 Å². The van der Waals surface area contributed by atoms with Crippen LogP contribution in [0.2, 0.25) is 0 Å². The van der Waals surface area contributed by atoms with E-state index < -0.39 is 58.9 Å². The van der Waals surface area contributed by atoms with Gasteiger partial charge in [0.15, 0.2) is 0 Å². The molecule has 0 radical (unpaired) electrons. The van der Waals surface area contributed by atoms with E-state index in [1.54, 1.807) is 62.3 Å². The molecule has 248 valence electrons.